The first kappa shape index (κ1) is 90.1. The molecule has 546 valence electrons. The number of ether oxygens (including phenoxy) is 4. The van der Waals surface area contributed by atoms with Crippen LogP contribution in [0.5, 0.6) is 0 Å². The molecule has 0 spiro atoms. The molecule has 0 rings (SSSR count). The Morgan fingerprint density at radius 3 is 0.674 bits per heavy atom. The Labute approximate surface area is 562 Å². The number of aliphatic hydroxyl groups excluding tert-OH is 1. The molecule has 0 aromatic heterocycles. The van der Waals surface area contributed by atoms with Crippen LogP contribution < -0.4 is 0 Å². The number of hydrogen-bond donors (Lipinski definition) is 3. The van der Waals surface area contributed by atoms with Crippen molar-refractivity contribution < 1.29 is 80.2 Å². The molecule has 5 atom stereocenters. The van der Waals surface area contributed by atoms with Crippen molar-refractivity contribution in [1.82, 2.24) is 0 Å². The van der Waals surface area contributed by atoms with Gasteiger partial charge in [0.2, 0.25) is 0 Å². The van der Waals surface area contributed by atoms with Crippen LogP contribution in [-0.2, 0) is 65.4 Å². The van der Waals surface area contributed by atoms with Crippen LogP contribution in [0.1, 0.15) is 364 Å². The quantitative estimate of drug-likeness (QED) is 0.0222. The van der Waals surface area contributed by atoms with Gasteiger partial charge in [-0.25, -0.2) is 9.13 Å². The van der Waals surface area contributed by atoms with E-state index in [4.69, 9.17) is 37.0 Å². The van der Waals surface area contributed by atoms with Gasteiger partial charge in [0, 0.05) is 25.7 Å². The smallest absolute Gasteiger partial charge is 0.462 e. The first-order chi connectivity index (χ1) is 44.1. The molecule has 0 aromatic rings. The highest BCUT2D eigenvalue weighted by Crippen LogP contribution is 2.45. The van der Waals surface area contributed by atoms with E-state index < -0.39 is 97.5 Å². The minimum absolute atomic E-state index is 0.102. The second kappa shape index (κ2) is 62.6. The number of phosphoric ester groups is 2. The number of unbranched alkanes of at least 4 members (excludes halogenated alkanes) is 36. The second-order valence-electron chi connectivity index (χ2n) is 28.2. The van der Waals surface area contributed by atoms with Crippen LogP contribution in [0.25, 0.3) is 0 Å². The Balaban J connectivity index is 5.17. The van der Waals surface area contributed by atoms with Gasteiger partial charge in [0.25, 0.3) is 0 Å². The molecule has 0 amide bonds. The van der Waals surface area contributed by atoms with Gasteiger partial charge in [0.1, 0.15) is 19.3 Å². The maximum absolute atomic E-state index is 13.0. The summed E-state index contributed by atoms with van der Waals surface area (Å²) in [5.41, 5.74) is 0. The molecule has 0 fully saturated rings. The van der Waals surface area contributed by atoms with E-state index in [2.05, 4.69) is 55.4 Å². The molecule has 19 heteroatoms. The topological polar surface area (TPSA) is 237 Å². The van der Waals surface area contributed by atoms with Gasteiger partial charge in [0.15, 0.2) is 12.2 Å². The normalized spacial score (nSPS) is 14.2. The molecule has 3 unspecified atom stereocenters. The van der Waals surface area contributed by atoms with Crippen molar-refractivity contribution in [2.45, 2.75) is 382 Å². The molecule has 3 N–H and O–H groups in total. The highest BCUT2D eigenvalue weighted by molar-refractivity contribution is 7.47. The Morgan fingerprint density at radius 2 is 0.457 bits per heavy atom. The van der Waals surface area contributed by atoms with E-state index in [0.717, 1.165) is 108 Å². The van der Waals surface area contributed by atoms with Gasteiger partial charge in [-0.15, -0.1) is 0 Å². The fourth-order valence-corrected chi connectivity index (χ4v) is 12.6. The molecule has 0 bridgehead atoms. The van der Waals surface area contributed by atoms with Crippen LogP contribution in [-0.4, -0.2) is 96.7 Å². The standard InChI is InChI=1S/C73H142O17P2/c1-63(2)49-41-33-25-20-16-12-10-9-11-13-18-22-28-37-45-53-70(75)83-60-69(90-73(78)56-48-40-32-31-36-44-52-66(7)8)62-88-92(81,82)86-58-67(74)57-85-91(79,80)87-61-68(59-84-71(76)54-46-38-30-24-27-35-43-51-65(5)6)89-72(77)55-47-39-29-23-19-15-14-17-21-26-34-42-50-64(3)4/h63-69,74H,9-62H2,1-8H3,(H,79,80)(H,81,82)/t67?,68-,69-/m1/s1. The van der Waals surface area contributed by atoms with Crippen molar-refractivity contribution in [3.8, 4) is 0 Å². The molecule has 0 radical (unpaired) electrons. The number of rotatable bonds is 70. The number of carbonyl (C=O) groups excluding carboxylic acids is 4. The van der Waals surface area contributed by atoms with Crippen molar-refractivity contribution in [3.05, 3.63) is 0 Å². The molecular formula is C73H142O17P2. The van der Waals surface area contributed by atoms with Gasteiger partial charge >= 0.3 is 39.5 Å². The van der Waals surface area contributed by atoms with Gasteiger partial charge in [-0.1, -0.05) is 312 Å². The van der Waals surface area contributed by atoms with E-state index in [1.807, 2.05) is 0 Å². The van der Waals surface area contributed by atoms with Crippen molar-refractivity contribution in [2.24, 2.45) is 23.7 Å². The van der Waals surface area contributed by atoms with Gasteiger partial charge in [-0.3, -0.25) is 37.3 Å². The Kier molecular flexibility index (Phi) is 61.3. The van der Waals surface area contributed by atoms with Gasteiger partial charge in [-0.05, 0) is 49.4 Å². The predicted molar refractivity (Wildman–Crippen MR) is 372 cm³/mol. The van der Waals surface area contributed by atoms with Gasteiger partial charge in [0.05, 0.1) is 26.4 Å². The molecule has 0 aromatic carbocycles. The predicted octanol–water partition coefficient (Wildman–Crippen LogP) is 20.9. The van der Waals surface area contributed by atoms with Crippen molar-refractivity contribution in [3.63, 3.8) is 0 Å². The molecule has 92 heavy (non-hydrogen) atoms. The van der Waals surface area contributed by atoms with Crippen LogP contribution in [0, 0.1) is 23.7 Å². The van der Waals surface area contributed by atoms with Crippen LogP contribution in [0.3, 0.4) is 0 Å². The first-order valence-corrected chi connectivity index (χ1v) is 40.7. The summed E-state index contributed by atoms with van der Waals surface area (Å²) in [6.07, 6.45) is 46.1. The Morgan fingerprint density at radius 1 is 0.272 bits per heavy atom. The minimum Gasteiger partial charge on any atom is -0.462 e. The van der Waals surface area contributed by atoms with E-state index in [-0.39, 0.29) is 25.7 Å². The number of hydrogen-bond acceptors (Lipinski definition) is 15. The maximum atomic E-state index is 13.0. The molecule has 0 saturated heterocycles. The third-order valence-corrected chi connectivity index (χ3v) is 18.7. The summed E-state index contributed by atoms with van der Waals surface area (Å²) >= 11 is 0. The summed E-state index contributed by atoms with van der Waals surface area (Å²) in [7, 11) is -9.90. The fourth-order valence-electron chi connectivity index (χ4n) is 11.0. The lowest BCUT2D eigenvalue weighted by Gasteiger charge is -2.21. The Bertz CT molecular complexity index is 1820. The van der Waals surface area contributed by atoms with Crippen LogP contribution in [0.15, 0.2) is 0 Å². The summed E-state index contributed by atoms with van der Waals surface area (Å²) in [6.45, 7) is 14.1. The molecule has 0 saturated carbocycles. The SMILES string of the molecule is CC(C)CCCCCCCCCCCCCCCCCC(=O)OC[C@H](COP(=O)(O)OCC(O)COP(=O)(O)OC[C@@H](COC(=O)CCCCCCCCCC(C)C)OC(=O)CCCCCCCCCCCCCCC(C)C)OC(=O)CCCCCCCCC(C)C. The zero-order valence-corrected chi connectivity index (χ0v) is 62.0. The zero-order chi connectivity index (χ0) is 68.2. The van der Waals surface area contributed by atoms with Crippen molar-refractivity contribution in [1.29, 1.82) is 0 Å². The summed E-state index contributed by atoms with van der Waals surface area (Å²) in [6, 6.07) is 0. The average molecular weight is 1350 g/mol. The summed E-state index contributed by atoms with van der Waals surface area (Å²) in [5, 5.41) is 10.6. The second-order valence-corrected chi connectivity index (χ2v) is 31.1. The van der Waals surface area contributed by atoms with E-state index in [0.29, 0.717) is 37.5 Å². The summed E-state index contributed by atoms with van der Waals surface area (Å²) in [5.74, 6) is 0.827. The van der Waals surface area contributed by atoms with Crippen molar-refractivity contribution in [2.75, 3.05) is 39.6 Å². The van der Waals surface area contributed by atoms with Crippen LogP contribution in [0.4, 0.5) is 0 Å². The van der Waals surface area contributed by atoms with E-state index >= 15 is 0 Å². The van der Waals surface area contributed by atoms with E-state index in [1.165, 1.54) is 161 Å². The van der Waals surface area contributed by atoms with E-state index in [9.17, 15) is 43.2 Å². The third kappa shape index (κ3) is 66.7. The lowest BCUT2D eigenvalue weighted by Crippen LogP contribution is -2.30. The molecule has 0 aliphatic rings. The number of phosphoric acid groups is 2. The number of esters is 4. The molecule has 0 heterocycles. The lowest BCUT2D eigenvalue weighted by atomic mass is 10.0. The van der Waals surface area contributed by atoms with Crippen LogP contribution >= 0.6 is 15.6 Å². The summed E-state index contributed by atoms with van der Waals surface area (Å²) < 4.78 is 68.3. The molecular weight excluding hydrogens is 1210 g/mol. The highest BCUT2D eigenvalue weighted by Gasteiger charge is 2.30. The van der Waals surface area contributed by atoms with Crippen molar-refractivity contribution >= 4 is 39.5 Å². The first-order valence-electron chi connectivity index (χ1n) is 37.7. The number of carbonyl (C=O) groups is 4. The monoisotopic (exact) mass is 1350 g/mol. The highest BCUT2D eigenvalue weighted by atomic mass is 31.2. The summed E-state index contributed by atoms with van der Waals surface area (Å²) in [4.78, 5) is 72.6. The third-order valence-electron chi connectivity index (χ3n) is 16.8. The van der Waals surface area contributed by atoms with Gasteiger partial charge in [-0.2, -0.15) is 0 Å². The number of aliphatic hydroxyl groups is 1. The fraction of sp³-hybridized carbons (Fsp3) is 0.945. The Hall–Kier alpha value is -1.94. The van der Waals surface area contributed by atoms with Gasteiger partial charge < -0.3 is 33.8 Å². The molecule has 0 aliphatic carbocycles. The van der Waals surface area contributed by atoms with Crippen LogP contribution in [0.2, 0.25) is 0 Å². The molecule has 0 aliphatic heterocycles. The zero-order valence-electron chi connectivity index (χ0n) is 60.2. The average Bonchev–Trinajstić information content (AvgIpc) is 3.67. The van der Waals surface area contributed by atoms with E-state index in [1.54, 1.807) is 0 Å². The largest absolute Gasteiger partial charge is 0.472 e. The maximum Gasteiger partial charge on any atom is 0.472 e. The minimum atomic E-state index is -4.95. The molecule has 17 nitrogen and oxygen atoms in total. The lowest BCUT2D eigenvalue weighted by molar-refractivity contribution is -0.161.